The number of hydrogen-bond acceptors (Lipinski definition) is 11. The van der Waals surface area contributed by atoms with E-state index in [0.29, 0.717) is 58.8 Å². The number of aliphatic hydroxyl groups is 1. The van der Waals surface area contributed by atoms with Crippen molar-refractivity contribution in [1.29, 1.82) is 0 Å². The first-order valence-corrected chi connectivity index (χ1v) is 13.1. The fourth-order valence-corrected chi connectivity index (χ4v) is 5.55. The van der Waals surface area contributed by atoms with Gasteiger partial charge in [0.15, 0.2) is 34.5 Å². The molecule has 0 radical (unpaired) electrons. The monoisotopic (exact) mass is 575 g/mol. The Labute approximate surface area is 239 Å². The van der Waals surface area contributed by atoms with Crippen LogP contribution in [0.25, 0.3) is 5.76 Å². The van der Waals surface area contributed by atoms with Gasteiger partial charge in [-0.25, -0.2) is 0 Å². The largest absolute Gasteiger partial charge is 0.507 e. The van der Waals surface area contributed by atoms with Crippen molar-refractivity contribution in [1.82, 2.24) is 4.90 Å². The third kappa shape index (κ3) is 3.98. The summed E-state index contributed by atoms with van der Waals surface area (Å²) >= 11 is 0. The molecule has 12 nitrogen and oxygen atoms in total. The van der Waals surface area contributed by atoms with Crippen LogP contribution in [0.3, 0.4) is 0 Å². The fraction of sp³-hybridized carbons (Fsp3) is 0.267. The van der Waals surface area contributed by atoms with Gasteiger partial charge < -0.3 is 47.9 Å². The van der Waals surface area contributed by atoms with E-state index in [4.69, 9.17) is 37.9 Å². The minimum atomic E-state index is -1.10. The maximum absolute atomic E-state index is 13.7. The number of ketones is 1. The van der Waals surface area contributed by atoms with E-state index in [0.717, 1.165) is 0 Å². The average molecular weight is 576 g/mol. The minimum absolute atomic E-state index is 0.00368. The predicted molar refractivity (Wildman–Crippen MR) is 144 cm³/mol. The number of methoxy groups -OCH3 is 2. The Morgan fingerprint density at radius 1 is 0.833 bits per heavy atom. The average Bonchev–Trinajstić information content (AvgIpc) is 3.75. The van der Waals surface area contributed by atoms with Crippen molar-refractivity contribution in [3.63, 3.8) is 0 Å². The first-order valence-electron chi connectivity index (χ1n) is 13.1. The number of amides is 1. The summed E-state index contributed by atoms with van der Waals surface area (Å²) in [5, 5.41) is 11.7. The van der Waals surface area contributed by atoms with Crippen molar-refractivity contribution in [2.45, 2.75) is 12.6 Å². The molecular weight excluding hydrogens is 550 g/mol. The van der Waals surface area contributed by atoms with Gasteiger partial charge in [0.2, 0.25) is 25.1 Å². The van der Waals surface area contributed by atoms with Crippen LogP contribution in [0, 0.1) is 0 Å². The summed E-state index contributed by atoms with van der Waals surface area (Å²) in [4.78, 5) is 28.8. The molecule has 7 rings (SSSR count). The van der Waals surface area contributed by atoms with Gasteiger partial charge in [-0.3, -0.25) is 9.59 Å². The smallest absolute Gasteiger partial charge is 0.295 e. The Morgan fingerprint density at radius 3 is 2.33 bits per heavy atom. The third-order valence-corrected chi connectivity index (χ3v) is 7.46. The molecule has 1 amide bonds. The van der Waals surface area contributed by atoms with Gasteiger partial charge in [-0.05, 0) is 42.0 Å². The van der Waals surface area contributed by atoms with Crippen LogP contribution >= 0.6 is 0 Å². The Hall–Kier alpha value is -5.26. The molecule has 0 spiro atoms. The van der Waals surface area contributed by atoms with E-state index in [1.54, 1.807) is 42.5 Å². The number of aliphatic hydroxyl groups excluding tert-OH is 1. The lowest BCUT2D eigenvalue weighted by atomic mass is 9.93. The van der Waals surface area contributed by atoms with Gasteiger partial charge in [-0.2, -0.15) is 0 Å². The summed E-state index contributed by atoms with van der Waals surface area (Å²) in [6.07, 6.45) is 0. The van der Waals surface area contributed by atoms with Gasteiger partial charge in [-0.15, -0.1) is 0 Å². The summed E-state index contributed by atoms with van der Waals surface area (Å²) in [6.45, 7) is 0.761. The van der Waals surface area contributed by atoms with Crippen LogP contribution in [0.2, 0.25) is 0 Å². The van der Waals surface area contributed by atoms with E-state index in [1.807, 2.05) is 0 Å². The van der Waals surface area contributed by atoms with Gasteiger partial charge in [0, 0.05) is 17.7 Å². The number of likely N-dealkylation sites (tertiary alicyclic amines) is 1. The van der Waals surface area contributed by atoms with Crippen molar-refractivity contribution < 1.29 is 52.6 Å². The van der Waals surface area contributed by atoms with Crippen molar-refractivity contribution in [2.75, 3.05) is 41.0 Å². The first-order chi connectivity index (χ1) is 20.5. The zero-order chi connectivity index (χ0) is 29.0. The number of hydrogen-bond donors (Lipinski definition) is 1. The second kappa shape index (κ2) is 9.98. The summed E-state index contributed by atoms with van der Waals surface area (Å²) in [5.41, 5.74) is 1.17. The highest BCUT2D eigenvalue weighted by Gasteiger charge is 2.48. The molecule has 216 valence electrons. The molecule has 3 aromatic rings. The van der Waals surface area contributed by atoms with E-state index >= 15 is 0 Å². The lowest BCUT2D eigenvalue weighted by Crippen LogP contribution is -2.29. The Balaban J connectivity index is 1.41. The van der Waals surface area contributed by atoms with Crippen LogP contribution in [-0.4, -0.2) is 62.7 Å². The number of fused-ring (bicyclic) bond motifs is 3. The van der Waals surface area contributed by atoms with Crippen LogP contribution in [0.5, 0.6) is 46.0 Å². The molecule has 3 aromatic carbocycles. The molecule has 4 aliphatic heterocycles. The topological polar surface area (TPSA) is 131 Å². The molecule has 42 heavy (non-hydrogen) atoms. The fourth-order valence-electron chi connectivity index (χ4n) is 5.55. The molecule has 1 N–H and O–H groups in total. The lowest BCUT2D eigenvalue weighted by molar-refractivity contribution is -0.140. The van der Waals surface area contributed by atoms with Crippen molar-refractivity contribution in [3.8, 4) is 46.0 Å². The number of carbonyl (C=O) groups excluding carboxylic acids is 2. The Kier molecular flexibility index (Phi) is 6.10. The summed E-state index contributed by atoms with van der Waals surface area (Å²) in [6, 6.07) is 10.6. The van der Waals surface area contributed by atoms with Crippen molar-refractivity contribution in [3.05, 3.63) is 64.7 Å². The summed E-state index contributed by atoms with van der Waals surface area (Å²) < 4.78 is 44.8. The van der Waals surface area contributed by atoms with Gasteiger partial charge in [-0.1, -0.05) is 6.07 Å². The second-order valence-corrected chi connectivity index (χ2v) is 9.74. The van der Waals surface area contributed by atoms with Crippen LogP contribution < -0.4 is 37.9 Å². The maximum atomic E-state index is 13.7. The molecular formula is C30H25NO11. The Bertz CT molecular complexity index is 1660. The van der Waals surface area contributed by atoms with E-state index in [9.17, 15) is 14.7 Å². The highest BCUT2D eigenvalue weighted by atomic mass is 16.7. The molecule has 0 saturated carbocycles. The quantitative estimate of drug-likeness (QED) is 0.263. The van der Waals surface area contributed by atoms with Crippen molar-refractivity contribution >= 4 is 17.4 Å². The molecule has 0 bridgehead atoms. The molecule has 0 aliphatic carbocycles. The van der Waals surface area contributed by atoms with Gasteiger partial charge in [0.1, 0.15) is 19.0 Å². The zero-order valence-electron chi connectivity index (χ0n) is 22.6. The number of benzene rings is 3. The van der Waals surface area contributed by atoms with E-state index in [2.05, 4.69) is 0 Å². The van der Waals surface area contributed by atoms with Gasteiger partial charge in [0.05, 0.1) is 25.8 Å². The van der Waals surface area contributed by atoms with Crippen LogP contribution in [-0.2, 0) is 16.1 Å². The Morgan fingerprint density at radius 2 is 1.52 bits per heavy atom. The highest BCUT2D eigenvalue weighted by Crippen LogP contribution is 2.54. The molecule has 0 unspecified atom stereocenters. The van der Waals surface area contributed by atoms with Crippen LogP contribution in [0.15, 0.2) is 48.0 Å². The van der Waals surface area contributed by atoms with E-state index < -0.39 is 17.7 Å². The van der Waals surface area contributed by atoms with E-state index in [-0.39, 0.29) is 48.5 Å². The van der Waals surface area contributed by atoms with E-state index in [1.165, 1.54) is 19.1 Å². The molecule has 0 aromatic heterocycles. The third-order valence-electron chi connectivity index (χ3n) is 7.46. The second-order valence-electron chi connectivity index (χ2n) is 9.74. The molecule has 1 saturated heterocycles. The lowest BCUT2D eigenvalue weighted by Gasteiger charge is -2.27. The van der Waals surface area contributed by atoms with Crippen LogP contribution in [0.1, 0.15) is 22.7 Å². The predicted octanol–water partition coefficient (Wildman–Crippen LogP) is 3.55. The molecule has 1 atom stereocenters. The SMILES string of the molecule is COc1cc([C@H]2C(=C(O)c3ccc4c(c3)OCCO4)C(=O)C(=O)N2Cc2ccc3c(c2)OCO3)c(OC)c2c1OCO2. The maximum Gasteiger partial charge on any atom is 0.295 e. The molecule has 4 aliphatic rings. The van der Waals surface area contributed by atoms with Gasteiger partial charge in [0.25, 0.3) is 11.7 Å². The normalized spacial score (nSPS) is 19.3. The summed E-state index contributed by atoms with van der Waals surface area (Å²) in [7, 11) is 2.91. The number of carbonyl (C=O) groups is 2. The van der Waals surface area contributed by atoms with Crippen LogP contribution in [0.4, 0.5) is 0 Å². The number of Topliss-reactive ketones (excluding diaryl/α,β-unsaturated/α-hetero) is 1. The number of rotatable bonds is 6. The number of nitrogens with zero attached hydrogens (tertiary/aromatic N) is 1. The molecule has 1 fully saturated rings. The molecule has 4 heterocycles. The standard InChI is InChI=1S/C30H25NO11/c1-35-22-11-17(27(36-2)29-28(22)41-14-42-29)24-23(25(32)16-4-6-18-21(10-16)38-8-7-37-18)26(33)30(34)31(24)12-15-3-5-19-20(9-15)40-13-39-19/h3-6,9-11,24,32H,7-8,12-14H2,1-2H3/t24-/m0/s1. The minimum Gasteiger partial charge on any atom is -0.507 e. The highest BCUT2D eigenvalue weighted by molar-refractivity contribution is 6.46. The zero-order valence-corrected chi connectivity index (χ0v) is 22.6. The van der Waals surface area contributed by atoms with Crippen molar-refractivity contribution in [2.24, 2.45) is 0 Å². The summed E-state index contributed by atoms with van der Waals surface area (Å²) in [5.74, 6) is 1.11. The van der Waals surface area contributed by atoms with Gasteiger partial charge >= 0.3 is 0 Å². The first kappa shape index (κ1) is 25.7. The molecule has 12 heteroatoms. The number of ether oxygens (including phenoxy) is 8.